The van der Waals surface area contributed by atoms with E-state index in [2.05, 4.69) is 54.5 Å². The van der Waals surface area contributed by atoms with Gasteiger partial charge in [0.05, 0.1) is 13.2 Å². The van der Waals surface area contributed by atoms with Gasteiger partial charge < -0.3 is 29.9 Å². The van der Waals surface area contributed by atoms with Crippen molar-refractivity contribution in [2.75, 3.05) is 7.11 Å². The minimum absolute atomic E-state index is 0.0363. The first kappa shape index (κ1) is 33.6. The van der Waals surface area contributed by atoms with E-state index in [1.807, 2.05) is 0 Å². The van der Waals surface area contributed by atoms with E-state index >= 15 is 0 Å². The normalized spacial score (nSPS) is 51.0. The molecule has 8 nitrogen and oxygen atoms in total. The van der Waals surface area contributed by atoms with E-state index in [0.29, 0.717) is 24.0 Å². The Morgan fingerprint density at radius 3 is 2.24 bits per heavy atom. The number of hydrogen-bond acceptors (Lipinski definition) is 8. The fraction of sp³-hybridized carbons (Fsp3) is 0.892. The molecule has 1 saturated heterocycles. The van der Waals surface area contributed by atoms with Crippen molar-refractivity contribution in [1.82, 2.24) is 0 Å². The van der Waals surface area contributed by atoms with E-state index in [1.54, 1.807) is 0 Å². The van der Waals surface area contributed by atoms with Crippen LogP contribution in [0.5, 0.6) is 0 Å². The van der Waals surface area contributed by atoms with Gasteiger partial charge in [-0.3, -0.25) is 4.79 Å². The molecule has 0 aromatic heterocycles. The third-order valence-corrected chi connectivity index (χ3v) is 15.4. The zero-order chi connectivity index (χ0) is 33.1. The maximum Gasteiger partial charge on any atom is 0.337 e. The first-order chi connectivity index (χ1) is 20.8. The molecule has 0 aromatic rings. The van der Waals surface area contributed by atoms with Gasteiger partial charge in [0, 0.05) is 17.3 Å². The number of esters is 1. The van der Waals surface area contributed by atoms with Crippen molar-refractivity contribution in [1.29, 1.82) is 0 Å². The minimum Gasteiger partial charge on any atom is -0.467 e. The van der Waals surface area contributed by atoms with Gasteiger partial charge in [-0.2, -0.15) is 0 Å². The van der Waals surface area contributed by atoms with Gasteiger partial charge in [-0.15, -0.1) is 0 Å². The second-order valence-electron chi connectivity index (χ2n) is 18.1. The van der Waals surface area contributed by atoms with Gasteiger partial charge >= 0.3 is 5.97 Å². The second kappa shape index (κ2) is 10.6. The van der Waals surface area contributed by atoms with Gasteiger partial charge in [0.2, 0.25) is 0 Å². The predicted octanol–water partition coefficient (Wildman–Crippen LogP) is 4.74. The number of aliphatic hydroxyl groups is 4. The lowest BCUT2D eigenvalue weighted by Gasteiger charge is -2.71. The molecule has 6 rings (SSSR count). The number of carbonyl (C=O) groups is 2. The molecule has 6 aliphatic rings. The number of ether oxygens (including phenoxy) is 2. The Labute approximate surface area is 269 Å². The van der Waals surface area contributed by atoms with Crippen LogP contribution in [0.4, 0.5) is 0 Å². The molecular formula is C37H58O8. The van der Waals surface area contributed by atoms with Crippen LogP contribution < -0.4 is 0 Å². The van der Waals surface area contributed by atoms with E-state index < -0.39 is 48.0 Å². The zero-order valence-electron chi connectivity index (χ0n) is 28.8. The molecular weight excluding hydrogens is 572 g/mol. The highest BCUT2D eigenvalue weighted by Crippen LogP contribution is 2.76. The van der Waals surface area contributed by atoms with E-state index in [1.165, 1.54) is 12.7 Å². The molecule has 13 atom stereocenters. The van der Waals surface area contributed by atoms with Crippen molar-refractivity contribution >= 4 is 11.8 Å². The molecule has 1 heterocycles. The molecule has 0 bridgehead atoms. The lowest BCUT2D eigenvalue weighted by molar-refractivity contribution is -0.268. The zero-order valence-corrected chi connectivity index (χ0v) is 28.8. The average Bonchev–Trinajstić information content (AvgIpc) is 2.97. The van der Waals surface area contributed by atoms with Crippen LogP contribution in [0.1, 0.15) is 113 Å². The number of rotatable bonds is 3. The van der Waals surface area contributed by atoms with Crippen LogP contribution in [0, 0.1) is 50.2 Å². The third kappa shape index (κ3) is 4.47. The first-order valence-electron chi connectivity index (χ1n) is 17.5. The van der Waals surface area contributed by atoms with Crippen molar-refractivity contribution in [3.05, 3.63) is 11.6 Å². The van der Waals surface area contributed by atoms with Crippen molar-refractivity contribution in [2.45, 2.75) is 149 Å². The fourth-order valence-electron chi connectivity index (χ4n) is 12.4. The van der Waals surface area contributed by atoms with Crippen LogP contribution >= 0.6 is 0 Å². The average molecular weight is 631 g/mol. The lowest BCUT2D eigenvalue weighted by Crippen LogP contribution is -2.68. The molecule has 0 spiro atoms. The Bertz CT molecular complexity index is 1260. The van der Waals surface area contributed by atoms with Crippen LogP contribution in [-0.2, 0) is 19.1 Å². The van der Waals surface area contributed by atoms with Crippen molar-refractivity contribution in [3.63, 3.8) is 0 Å². The highest BCUT2D eigenvalue weighted by Gasteiger charge is 2.70. The number of allylic oxidation sites excluding steroid dienone is 2. The van der Waals surface area contributed by atoms with Gasteiger partial charge in [-0.1, -0.05) is 60.1 Å². The molecule has 0 amide bonds. The van der Waals surface area contributed by atoms with Gasteiger partial charge in [-0.05, 0) is 97.2 Å². The quantitative estimate of drug-likeness (QED) is 0.260. The number of Topliss-reactive ketones (excluding diaryl/α,β-unsaturated/α-hetero) is 1. The number of aliphatic hydroxyl groups excluding tert-OH is 4. The van der Waals surface area contributed by atoms with Crippen molar-refractivity contribution < 1.29 is 39.5 Å². The Hall–Kier alpha value is -1.32. The summed E-state index contributed by atoms with van der Waals surface area (Å²) in [7, 11) is 1.19. The summed E-state index contributed by atoms with van der Waals surface area (Å²) in [6.07, 6.45) is 2.60. The molecule has 6 unspecified atom stereocenters. The smallest absolute Gasteiger partial charge is 0.337 e. The van der Waals surface area contributed by atoms with E-state index in [9.17, 15) is 30.0 Å². The van der Waals surface area contributed by atoms with Gasteiger partial charge in [0.15, 0.2) is 6.10 Å². The SMILES string of the molecule is COC(=O)C1O[C@@H](C(O)[C@]23CCC(C)(C)CC2C2=CCC4[C@@]5(C)CCC(=O)C(C)(C)C5CC[C@@]4(C)[C@]2(C)CC3)C(O)[C@@H](O)[C@@H]1O. The molecule has 45 heavy (non-hydrogen) atoms. The maximum atomic E-state index is 13.1. The van der Waals surface area contributed by atoms with Gasteiger partial charge in [0.1, 0.15) is 30.2 Å². The minimum atomic E-state index is -1.65. The Balaban J connectivity index is 1.40. The van der Waals surface area contributed by atoms with Gasteiger partial charge in [0.25, 0.3) is 0 Å². The third-order valence-electron chi connectivity index (χ3n) is 15.4. The highest BCUT2D eigenvalue weighted by molar-refractivity contribution is 5.85. The molecule has 0 radical (unpaired) electrons. The summed E-state index contributed by atoms with van der Waals surface area (Å²) in [5.74, 6) is 0.438. The maximum absolute atomic E-state index is 13.1. The van der Waals surface area contributed by atoms with E-state index in [0.717, 1.165) is 57.8 Å². The molecule has 1 aliphatic heterocycles. The molecule has 5 fully saturated rings. The number of ketones is 1. The summed E-state index contributed by atoms with van der Waals surface area (Å²) in [4.78, 5) is 25.6. The first-order valence-corrected chi connectivity index (χ1v) is 17.5. The summed E-state index contributed by atoms with van der Waals surface area (Å²) in [5.41, 5.74) is 0.580. The number of carbonyl (C=O) groups excluding carboxylic acids is 2. The predicted molar refractivity (Wildman–Crippen MR) is 169 cm³/mol. The Morgan fingerprint density at radius 1 is 0.911 bits per heavy atom. The number of hydrogen-bond donors (Lipinski definition) is 4. The largest absolute Gasteiger partial charge is 0.467 e. The van der Waals surface area contributed by atoms with Crippen molar-refractivity contribution in [2.24, 2.45) is 50.2 Å². The van der Waals surface area contributed by atoms with Crippen LogP contribution in [0.2, 0.25) is 0 Å². The fourth-order valence-corrected chi connectivity index (χ4v) is 12.4. The van der Waals surface area contributed by atoms with Crippen LogP contribution in [-0.4, -0.2) is 75.9 Å². The Kier molecular flexibility index (Phi) is 7.90. The van der Waals surface area contributed by atoms with Crippen LogP contribution in [0.25, 0.3) is 0 Å². The Morgan fingerprint density at radius 2 is 1.58 bits per heavy atom. The summed E-state index contributed by atoms with van der Waals surface area (Å²) >= 11 is 0. The summed E-state index contributed by atoms with van der Waals surface area (Å²) < 4.78 is 10.8. The van der Waals surface area contributed by atoms with Crippen LogP contribution in [0.15, 0.2) is 11.6 Å². The summed E-state index contributed by atoms with van der Waals surface area (Å²) in [6.45, 7) is 16.4. The number of fused-ring (bicyclic) bond motifs is 7. The highest BCUT2D eigenvalue weighted by atomic mass is 16.6. The molecule has 8 heteroatoms. The lowest BCUT2D eigenvalue weighted by atomic mass is 9.33. The molecule has 254 valence electrons. The topological polar surface area (TPSA) is 134 Å². The van der Waals surface area contributed by atoms with E-state index in [-0.39, 0.29) is 33.0 Å². The summed E-state index contributed by atoms with van der Waals surface area (Å²) in [6, 6.07) is 0. The molecule has 4 saturated carbocycles. The second-order valence-corrected chi connectivity index (χ2v) is 18.1. The van der Waals surface area contributed by atoms with Gasteiger partial charge in [-0.25, -0.2) is 4.79 Å². The van der Waals surface area contributed by atoms with Crippen molar-refractivity contribution in [3.8, 4) is 0 Å². The molecule has 4 N–H and O–H groups in total. The summed E-state index contributed by atoms with van der Waals surface area (Å²) in [5, 5.41) is 44.9. The standard InChI is InChI=1S/C37H58O8/c1-32(2)15-17-37(30(42)28-26(40)25(39)27(41)29(45-28)31(43)44-8)18-16-35(6)20(21(37)19-32)9-10-23-34(5)13-12-24(38)33(3,4)22(34)11-14-36(23,35)7/h9,21-23,25-30,39-42H,10-19H2,1-8H3/t21?,22?,23?,25-,26?,27+,28-,29?,30?,34+,35-,36-,37+/m1/s1. The number of methoxy groups -OCH3 is 1. The van der Waals surface area contributed by atoms with Crippen LogP contribution in [0.3, 0.4) is 0 Å². The van der Waals surface area contributed by atoms with E-state index in [4.69, 9.17) is 9.47 Å². The monoisotopic (exact) mass is 630 g/mol. The molecule has 0 aromatic carbocycles. The molecule has 5 aliphatic carbocycles.